The molecule has 1 heteroatoms. The van der Waals surface area contributed by atoms with E-state index in [4.69, 9.17) is 0 Å². The molecule has 0 rings (SSSR count). The standard InChI is InChI=1S/C22H42O/c1-11-19(5,6)15-14-16-22(12-2,13-3)21(9,10)17-20(7,8)18(4)23/h14,16H,11-13,15,17H2,1-10H3. The second-order valence-corrected chi connectivity index (χ2v) is 9.49. The molecular formula is C22H42O. The third-order valence-corrected chi connectivity index (χ3v) is 6.51. The van der Waals surface area contributed by atoms with Crippen molar-refractivity contribution in [3.63, 3.8) is 0 Å². The molecule has 0 bridgehead atoms. The van der Waals surface area contributed by atoms with E-state index in [0.717, 1.165) is 25.7 Å². The Bertz CT molecular complexity index is 406. The topological polar surface area (TPSA) is 17.1 Å². The minimum atomic E-state index is -0.254. The monoisotopic (exact) mass is 322 g/mol. The van der Waals surface area contributed by atoms with Crippen LogP contribution in [-0.2, 0) is 4.79 Å². The minimum absolute atomic E-state index is 0.0958. The maximum Gasteiger partial charge on any atom is 0.135 e. The highest BCUT2D eigenvalue weighted by atomic mass is 16.1. The van der Waals surface area contributed by atoms with Gasteiger partial charge in [-0.15, -0.1) is 0 Å². The molecule has 0 N–H and O–H groups in total. The average Bonchev–Trinajstić information content (AvgIpc) is 2.42. The van der Waals surface area contributed by atoms with Gasteiger partial charge < -0.3 is 0 Å². The lowest BCUT2D eigenvalue weighted by Crippen LogP contribution is -2.40. The molecule has 0 saturated heterocycles. The predicted molar refractivity (Wildman–Crippen MR) is 104 cm³/mol. The molecule has 0 aromatic rings. The summed E-state index contributed by atoms with van der Waals surface area (Å²) in [7, 11) is 0. The zero-order valence-electron chi connectivity index (χ0n) is 17.6. The Morgan fingerprint density at radius 1 is 0.870 bits per heavy atom. The number of rotatable bonds is 10. The van der Waals surface area contributed by atoms with Gasteiger partial charge in [-0.1, -0.05) is 80.9 Å². The fourth-order valence-electron chi connectivity index (χ4n) is 3.82. The quantitative estimate of drug-likeness (QED) is 0.388. The lowest BCUT2D eigenvalue weighted by molar-refractivity contribution is -0.127. The average molecular weight is 323 g/mol. The molecular weight excluding hydrogens is 280 g/mol. The summed E-state index contributed by atoms with van der Waals surface area (Å²) in [5, 5.41) is 0. The molecule has 0 amide bonds. The lowest BCUT2D eigenvalue weighted by Gasteiger charge is -2.48. The van der Waals surface area contributed by atoms with Crippen LogP contribution in [0, 0.1) is 21.7 Å². The van der Waals surface area contributed by atoms with Crippen molar-refractivity contribution in [3.8, 4) is 0 Å². The van der Waals surface area contributed by atoms with Gasteiger partial charge in [0.1, 0.15) is 5.78 Å². The first-order chi connectivity index (χ1) is 10.3. The second-order valence-electron chi connectivity index (χ2n) is 9.49. The Labute approximate surface area is 146 Å². The van der Waals surface area contributed by atoms with Crippen molar-refractivity contribution in [3.05, 3.63) is 12.2 Å². The van der Waals surface area contributed by atoms with Crippen LogP contribution in [0.4, 0.5) is 0 Å². The molecule has 0 atom stereocenters. The number of carbonyl (C=O) groups excluding carboxylic acids is 1. The van der Waals surface area contributed by atoms with Gasteiger partial charge in [0.05, 0.1) is 0 Å². The van der Waals surface area contributed by atoms with Gasteiger partial charge in [0, 0.05) is 5.41 Å². The van der Waals surface area contributed by atoms with E-state index in [1.54, 1.807) is 6.92 Å². The first-order valence-corrected chi connectivity index (χ1v) is 9.48. The molecule has 136 valence electrons. The summed E-state index contributed by atoms with van der Waals surface area (Å²) in [4.78, 5) is 12.0. The second kappa shape index (κ2) is 7.99. The SMILES string of the molecule is CCC(C)(C)CC=CC(CC)(CC)C(C)(C)CC(C)(C)C(C)=O. The van der Waals surface area contributed by atoms with Crippen LogP contribution in [-0.4, -0.2) is 5.78 Å². The first-order valence-electron chi connectivity index (χ1n) is 9.48. The third-order valence-electron chi connectivity index (χ3n) is 6.51. The van der Waals surface area contributed by atoms with Crippen LogP contribution in [0.25, 0.3) is 0 Å². The summed E-state index contributed by atoms with van der Waals surface area (Å²) in [6, 6.07) is 0. The van der Waals surface area contributed by atoms with Crippen molar-refractivity contribution in [2.75, 3.05) is 0 Å². The first kappa shape index (κ1) is 22.4. The van der Waals surface area contributed by atoms with Gasteiger partial charge in [0.2, 0.25) is 0 Å². The summed E-state index contributed by atoms with van der Waals surface area (Å²) >= 11 is 0. The molecule has 0 radical (unpaired) electrons. The molecule has 0 aromatic carbocycles. The van der Waals surface area contributed by atoms with E-state index in [2.05, 4.69) is 74.5 Å². The highest BCUT2D eigenvalue weighted by molar-refractivity contribution is 5.81. The largest absolute Gasteiger partial charge is 0.299 e. The Morgan fingerprint density at radius 2 is 1.35 bits per heavy atom. The van der Waals surface area contributed by atoms with Crippen LogP contribution >= 0.6 is 0 Å². The van der Waals surface area contributed by atoms with E-state index in [9.17, 15) is 4.79 Å². The molecule has 0 aromatic heterocycles. The normalized spacial score (nSPS) is 14.5. The van der Waals surface area contributed by atoms with E-state index in [0.29, 0.717) is 11.2 Å². The fraction of sp³-hybridized carbons (Fsp3) is 0.864. The number of hydrogen-bond donors (Lipinski definition) is 0. The Morgan fingerprint density at radius 3 is 1.70 bits per heavy atom. The van der Waals surface area contributed by atoms with E-state index in [1.807, 2.05) is 0 Å². The predicted octanol–water partition coefficient (Wildman–Crippen LogP) is 7.21. The van der Waals surface area contributed by atoms with Gasteiger partial charge in [0.25, 0.3) is 0 Å². The highest BCUT2D eigenvalue weighted by Gasteiger charge is 2.44. The van der Waals surface area contributed by atoms with Crippen molar-refractivity contribution >= 4 is 5.78 Å². The smallest absolute Gasteiger partial charge is 0.135 e. The number of ketones is 1. The van der Waals surface area contributed by atoms with Crippen LogP contribution in [0.5, 0.6) is 0 Å². The molecule has 0 aliphatic heterocycles. The minimum Gasteiger partial charge on any atom is -0.299 e. The Balaban J connectivity index is 5.49. The van der Waals surface area contributed by atoms with Crippen LogP contribution in [0.2, 0.25) is 0 Å². The summed E-state index contributed by atoms with van der Waals surface area (Å²) in [5.74, 6) is 0.294. The Hall–Kier alpha value is -0.590. The summed E-state index contributed by atoms with van der Waals surface area (Å²) in [6.07, 6.45) is 10.4. The lowest BCUT2D eigenvalue weighted by atomic mass is 9.56. The third kappa shape index (κ3) is 5.76. The molecule has 1 nitrogen and oxygen atoms in total. The zero-order valence-corrected chi connectivity index (χ0v) is 17.6. The van der Waals surface area contributed by atoms with Gasteiger partial charge in [0.15, 0.2) is 0 Å². The number of hydrogen-bond acceptors (Lipinski definition) is 1. The molecule has 0 unspecified atom stereocenters. The van der Waals surface area contributed by atoms with Crippen LogP contribution in [0.15, 0.2) is 12.2 Å². The van der Waals surface area contributed by atoms with Crippen LogP contribution < -0.4 is 0 Å². The highest BCUT2D eigenvalue weighted by Crippen LogP contribution is 2.52. The molecule has 0 aliphatic carbocycles. The van der Waals surface area contributed by atoms with Crippen LogP contribution in [0.3, 0.4) is 0 Å². The maximum absolute atomic E-state index is 12.0. The van der Waals surface area contributed by atoms with Gasteiger partial charge in [-0.05, 0) is 48.9 Å². The number of Topliss-reactive ketones (excluding diaryl/α,β-unsaturated/α-hetero) is 1. The summed E-state index contributed by atoms with van der Waals surface area (Å²) in [5.41, 5.74) is 0.365. The summed E-state index contributed by atoms with van der Waals surface area (Å²) in [6.45, 7) is 22.1. The van der Waals surface area contributed by atoms with Gasteiger partial charge in [-0.2, -0.15) is 0 Å². The van der Waals surface area contributed by atoms with E-state index in [1.165, 1.54) is 6.42 Å². The van der Waals surface area contributed by atoms with Crippen molar-refractivity contribution in [2.45, 2.75) is 101 Å². The number of allylic oxidation sites excluding steroid dienone is 2. The van der Waals surface area contributed by atoms with E-state index >= 15 is 0 Å². The van der Waals surface area contributed by atoms with Gasteiger partial charge in [-0.25, -0.2) is 0 Å². The van der Waals surface area contributed by atoms with Crippen molar-refractivity contribution in [1.82, 2.24) is 0 Å². The maximum atomic E-state index is 12.0. The van der Waals surface area contributed by atoms with E-state index < -0.39 is 0 Å². The van der Waals surface area contributed by atoms with Crippen molar-refractivity contribution in [2.24, 2.45) is 21.7 Å². The molecule has 0 heterocycles. The molecule has 0 spiro atoms. The van der Waals surface area contributed by atoms with Gasteiger partial charge >= 0.3 is 0 Å². The molecule has 0 fully saturated rings. The number of carbonyl (C=O) groups is 1. The van der Waals surface area contributed by atoms with Crippen molar-refractivity contribution < 1.29 is 4.79 Å². The van der Waals surface area contributed by atoms with Gasteiger partial charge in [-0.3, -0.25) is 4.79 Å². The van der Waals surface area contributed by atoms with Crippen molar-refractivity contribution in [1.29, 1.82) is 0 Å². The molecule has 0 aliphatic rings. The zero-order chi connectivity index (χ0) is 18.5. The Kier molecular flexibility index (Phi) is 7.79. The van der Waals surface area contributed by atoms with E-state index in [-0.39, 0.29) is 16.2 Å². The fourth-order valence-corrected chi connectivity index (χ4v) is 3.82. The summed E-state index contributed by atoms with van der Waals surface area (Å²) < 4.78 is 0. The molecule has 0 saturated carbocycles. The molecule has 23 heavy (non-hydrogen) atoms. The van der Waals surface area contributed by atoms with Crippen LogP contribution in [0.1, 0.15) is 101 Å².